The second kappa shape index (κ2) is 8.25. The zero-order valence-electron chi connectivity index (χ0n) is 13.6. The van der Waals surface area contributed by atoms with Gasteiger partial charge in [0.25, 0.3) is 5.91 Å². The number of rotatable bonds is 7. The van der Waals surface area contributed by atoms with E-state index in [4.69, 9.17) is 0 Å². The van der Waals surface area contributed by atoms with Crippen molar-refractivity contribution in [1.82, 2.24) is 5.32 Å². The van der Waals surface area contributed by atoms with Gasteiger partial charge in [-0.2, -0.15) is 0 Å². The highest BCUT2D eigenvalue weighted by atomic mass is 16.1. The first-order valence-corrected chi connectivity index (χ1v) is 7.88. The second-order valence-corrected chi connectivity index (χ2v) is 5.29. The summed E-state index contributed by atoms with van der Waals surface area (Å²) in [6.07, 6.45) is 0.462. The highest BCUT2D eigenvalue weighted by Crippen LogP contribution is 2.13. The van der Waals surface area contributed by atoms with Crippen molar-refractivity contribution in [2.24, 2.45) is 0 Å². The van der Waals surface area contributed by atoms with Crippen LogP contribution in [0.3, 0.4) is 0 Å². The van der Waals surface area contributed by atoms with Crippen LogP contribution in [0, 0.1) is 0 Å². The summed E-state index contributed by atoms with van der Waals surface area (Å²) in [6, 6.07) is 14.5. The Morgan fingerprint density at radius 2 is 1.65 bits per heavy atom. The number of anilines is 1. The lowest BCUT2D eigenvalue weighted by atomic mass is 10.1. The molecule has 0 atom stereocenters. The molecule has 2 N–H and O–H groups in total. The largest absolute Gasteiger partial charge is 0.322 e. The van der Waals surface area contributed by atoms with Crippen LogP contribution in [0.2, 0.25) is 0 Å². The Kier molecular flexibility index (Phi) is 6.06. The molecule has 0 spiro atoms. The number of nitrogens with one attached hydrogen (secondary N) is 2. The molecule has 2 rings (SSSR count). The molecular weight excluding hydrogens is 288 g/mol. The third-order valence-electron chi connectivity index (χ3n) is 3.55. The smallest absolute Gasteiger partial charge is 0.255 e. The summed E-state index contributed by atoms with van der Waals surface area (Å²) in [5, 5.41) is 6.14. The highest BCUT2D eigenvalue weighted by molar-refractivity contribution is 6.05. The Labute approximate surface area is 136 Å². The van der Waals surface area contributed by atoms with E-state index in [0.29, 0.717) is 17.5 Å². The van der Waals surface area contributed by atoms with Crippen LogP contribution in [-0.2, 0) is 6.54 Å². The Hall–Kier alpha value is -2.46. The van der Waals surface area contributed by atoms with Crippen LogP contribution in [0.4, 0.5) is 5.69 Å². The van der Waals surface area contributed by atoms with Crippen LogP contribution in [0.15, 0.2) is 48.5 Å². The Balaban J connectivity index is 2.05. The number of ketones is 1. The van der Waals surface area contributed by atoms with Crippen LogP contribution in [0.1, 0.15) is 46.5 Å². The maximum atomic E-state index is 12.3. The van der Waals surface area contributed by atoms with Crippen molar-refractivity contribution in [3.05, 3.63) is 65.2 Å². The summed E-state index contributed by atoms with van der Waals surface area (Å²) < 4.78 is 0. The number of carbonyl (C=O) groups excluding carboxylic acids is 2. The monoisotopic (exact) mass is 310 g/mol. The predicted molar refractivity (Wildman–Crippen MR) is 92.8 cm³/mol. The first-order chi connectivity index (χ1) is 11.1. The number of carbonyl (C=O) groups is 2. The number of amides is 1. The fraction of sp³-hybridized carbons (Fsp3) is 0.263. The summed E-state index contributed by atoms with van der Waals surface area (Å²) in [5.41, 5.74) is 3.05. The van der Waals surface area contributed by atoms with Crippen LogP contribution < -0.4 is 10.6 Å². The first-order valence-electron chi connectivity index (χ1n) is 7.88. The normalized spacial score (nSPS) is 10.3. The molecule has 0 bridgehead atoms. The Morgan fingerprint density at radius 3 is 2.30 bits per heavy atom. The molecule has 0 aliphatic carbocycles. The van der Waals surface area contributed by atoms with Crippen molar-refractivity contribution in [3.63, 3.8) is 0 Å². The summed E-state index contributed by atoms with van der Waals surface area (Å²) >= 11 is 0. The molecule has 0 saturated heterocycles. The molecule has 0 aliphatic rings. The third kappa shape index (κ3) is 4.76. The van der Waals surface area contributed by atoms with Gasteiger partial charge in [0, 0.05) is 29.8 Å². The minimum atomic E-state index is -0.180. The maximum absolute atomic E-state index is 12.3. The van der Waals surface area contributed by atoms with Gasteiger partial charge in [0.05, 0.1) is 0 Å². The second-order valence-electron chi connectivity index (χ2n) is 5.29. The molecule has 2 aromatic rings. The van der Waals surface area contributed by atoms with Crippen molar-refractivity contribution >= 4 is 17.4 Å². The highest BCUT2D eigenvalue weighted by Gasteiger charge is 2.08. The van der Waals surface area contributed by atoms with Crippen molar-refractivity contribution in [2.75, 3.05) is 11.9 Å². The number of Topliss-reactive ketones (excluding diaryl/α,β-unsaturated/α-hetero) is 1. The average Bonchev–Trinajstić information content (AvgIpc) is 2.59. The number of hydrogen-bond donors (Lipinski definition) is 2. The summed E-state index contributed by atoms with van der Waals surface area (Å²) in [7, 11) is 0. The van der Waals surface area contributed by atoms with E-state index in [0.717, 1.165) is 24.3 Å². The van der Waals surface area contributed by atoms with Gasteiger partial charge < -0.3 is 10.6 Å². The molecule has 4 heteroatoms. The van der Waals surface area contributed by atoms with Gasteiger partial charge in [0.2, 0.25) is 0 Å². The zero-order valence-corrected chi connectivity index (χ0v) is 13.6. The lowest BCUT2D eigenvalue weighted by Gasteiger charge is -2.08. The summed E-state index contributed by atoms with van der Waals surface area (Å²) in [5.74, 6) is -0.103. The van der Waals surface area contributed by atoms with Crippen molar-refractivity contribution < 1.29 is 9.59 Å². The maximum Gasteiger partial charge on any atom is 0.255 e. The molecule has 4 nitrogen and oxygen atoms in total. The molecule has 0 aliphatic heterocycles. The van der Waals surface area contributed by atoms with Crippen molar-refractivity contribution in [1.29, 1.82) is 0 Å². The molecular formula is C19H22N2O2. The van der Waals surface area contributed by atoms with Gasteiger partial charge in [0.1, 0.15) is 0 Å². The Bertz CT molecular complexity index is 678. The minimum absolute atomic E-state index is 0.0769. The molecule has 0 radical (unpaired) electrons. The number of benzene rings is 2. The van der Waals surface area contributed by atoms with Crippen molar-refractivity contribution in [3.8, 4) is 0 Å². The van der Waals surface area contributed by atoms with E-state index in [1.54, 1.807) is 24.3 Å². The molecule has 0 unspecified atom stereocenters. The fourth-order valence-electron chi connectivity index (χ4n) is 2.24. The van der Waals surface area contributed by atoms with Crippen LogP contribution in [0.25, 0.3) is 0 Å². The standard InChI is InChI=1S/C19H22N2O2/c1-3-18(22)15-8-10-16(11-9-15)19(23)21-17-7-5-6-14(12-17)13-20-4-2/h5-12,20H,3-4,13H2,1-2H3,(H,21,23). The van der Waals surface area contributed by atoms with Crippen LogP contribution in [0.5, 0.6) is 0 Å². The van der Waals surface area contributed by atoms with Gasteiger partial charge in [-0.3, -0.25) is 9.59 Å². The van der Waals surface area contributed by atoms with E-state index in [9.17, 15) is 9.59 Å². The first kappa shape index (κ1) is 16.9. The van der Waals surface area contributed by atoms with Crippen LogP contribution in [-0.4, -0.2) is 18.2 Å². The van der Waals surface area contributed by atoms with Gasteiger partial charge in [-0.25, -0.2) is 0 Å². The zero-order chi connectivity index (χ0) is 16.7. The van der Waals surface area contributed by atoms with Crippen molar-refractivity contribution in [2.45, 2.75) is 26.8 Å². The van der Waals surface area contributed by atoms with Gasteiger partial charge >= 0.3 is 0 Å². The van der Waals surface area contributed by atoms with E-state index in [-0.39, 0.29) is 11.7 Å². The van der Waals surface area contributed by atoms with E-state index in [2.05, 4.69) is 17.6 Å². The summed E-state index contributed by atoms with van der Waals surface area (Å²) in [4.78, 5) is 23.9. The van der Waals surface area contributed by atoms with Gasteiger partial charge in [-0.15, -0.1) is 0 Å². The molecule has 120 valence electrons. The molecule has 0 aromatic heterocycles. The molecule has 23 heavy (non-hydrogen) atoms. The van der Waals surface area contributed by atoms with E-state index in [1.165, 1.54) is 0 Å². The summed E-state index contributed by atoms with van der Waals surface area (Å²) in [6.45, 7) is 5.55. The number of hydrogen-bond acceptors (Lipinski definition) is 3. The van der Waals surface area contributed by atoms with Gasteiger partial charge in [-0.05, 0) is 36.4 Å². The molecule has 0 heterocycles. The molecule has 0 fully saturated rings. The lowest BCUT2D eigenvalue weighted by Crippen LogP contribution is -2.14. The average molecular weight is 310 g/mol. The third-order valence-corrected chi connectivity index (χ3v) is 3.55. The predicted octanol–water partition coefficient (Wildman–Crippen LogP) is 3.64. The van der Waals surface area contributed by atoms with E-state index in [1.807, 2.05) is 31.2 Å². The van der Waals surface area contributed by atoms with Gasteiger partial charge in [-0.1, -0.05) is 38.1 Å². The topological polar surface area (TPSA) is 58.2 Å². The van der Waals surface area contributed by atoms with E-state index >= 15 is 0 Å². The fourth-order valence-corrected chi connectivity index (χ4v) is 2.24. The Morgan fingerprint density at radius 1 is 0.957 bits per heavy atom. The van der Waals surface area contributed by atoms with E-state index < -0.39 is 0 Å². The van der Waals surface area contributed by atoms with Gasteiger partial charge in [0.15, 0.2) is 5.78 Å². The SMILES string of the molecule is CCNCc1cccc(NC(=O)c2ccc(C(=O)CC)cc2)c1. The van der Waals surface area contributed by atoms with Crippen LogP contribution >= 0.6 is 0 Å². The molecule has 1 amide bonds. The molecule has 2 aromatic carbocycles. The molecule has 0 saturated carbocycles. The quantitative estimate of drug-likeness (QED) is 0.768. The lowest BCUT2D eigenvalue weighted by molar-refractivity contribution is 0.0984. The minimum Gasteiger partial charge on any atom is -0.322 e.